The second-order valence-electron chi connectivity index (χ2n) is 5.45. The Kier molecular flexibility index (Phi) is 4.97. The maximum atomic E-state index is 14.0. The first-order valence-electron chi connectivity index (χ1n) is 7.19. The van der Waals surface area contributed by atoms with Gasteiger partial charge < -0.3 is 10.2 Å². The van der Waals surface area contributed by atoms with Crippen LogP contribution in [0.4, 0.5) is 15.8 Å². The second-order valence-corrected chi connectivity index (χ2v) is 5.45. The smallest absolute Gasteiger partial charge is 0.243 e. The highest BCUT2D eigenvalue weighted by molar-refractivity contribution is 5.95. The molecule has 0 bridgehead atoms. The van der Waals surface area contributed by atoms with Crippen molar-refractivity contribution in [1.29, 1.82) is 5.26 Å². The van der Waals surface area contributed by atoms with E-state index in [9.17, 15) is 9.18 Å². The first kappa shape index (κ1) is 16.5. The zero-order chi connectivity index (χ0) is 17.0. The molecular weight excluding hydrogens is 293 g/mol. The highest BCUT2D eigenvalue weighted by Crippen LogP contribution is 2.21. The number of benzene rings is 2. The number of aryl methyl sites for hydroxylation is 2. The van der Waals surface area contributed by atoms with Gasteiger partial charge in [-0.1, -0.05) is 18.2 Å². The largest absolute Gasteiger partial charge is 0.363 e. The standard InChI is InChI=1S/C18H18FN3O/c1-12-5-4-6-13(2)18(12)21-17(23)11-22(3)16-8-7-14(10-20)9-15(16)19/h4-9H,11H2,1-3H3,(H,21,23). The van der Waals surface area contributed by atoms with Gasteiger partial charge in [0.05, 0.1) is 23.9 Å². The van der Waals surface area contributed by atoms with E-state index in [0.717, 1.165) is 22.9 Å². The number of para-hydroxylation sites is 1. The van der Waals surface area contributed by atoms with E-state index in [2.05, 4.69) is 5.32 Å². The van der Waals surface area contributed by atoms with E-state index in [1.807, 2.05) is 38.1 Å². The lowest BCUT2D eigenvalue weighted by molar-refractivity contribution is -0.114. The Hall–Kier alpha value is -2.87. The van der Waals surface area contributed by atoms with Gasteiger partial charge in [-0.25, -0.2) is 4.39 Å². The molecule has 118 valence electrons. The average molecular weight is 311 g/mol. The Morgan fingerprint density at radius 2 is 1.91 bits per heavy atom. The lowest BCUT2D eigenvalue weighted by Crippen LogP contribution is -2.31. The minimum absolute atomic E-state index is 0.0105. The zero-order valence-electron chi connectivity index (χ0n) is 13.4. The monoisotopic (exact) mass is 311 g/mol. The molecule has 1 amide bonds. The Balaban J connectivity index is 2.10. The molecular formula is C18H18FN3O. The lowest BCUT2D eigenvalue weighted by atomic mass is 10.1. The molecule has 0 atom stereocenters. The van der Waals surface area contributed by atoms with Crippen LogP contribution in [0, 0.1) is 31.0 Å². The highest BCUT2D eigenvalue weighted by atomic mass is 19.1. The quantitative estimate of drug-likeness (QED) is 0.941. The number of amides is 1. The van der Waals surface area contributed by atoms with Crippen LogP contribution >= 0.6 is 0 Å². The summed E-state index contributed by atoms with van der Waals surface area (Å²) in [4.78, 5) is 13.7. The number of hydrogen-bond acceptors (Lipinski definition) is 3. The van der Waals surface area contributed by atoms with Gasteiger partial charge in [-0.2, -0.15) is 5.26 Å². The average Bonchev–Trinajstić information content (AvgIpc) is 2.50. The van der Waals surface area contributed by atoms with Crippen LogP contribution in [0.5, 0.6) is 0 Å². The molecule has 0 saturated heterocycles. The summed E-state index contributed by atoms with van der Waals surface area (Å²) in [6.45, 7) is 3.86. The molecule has 0 saturated carbocycles. The van der Waals surface area contributed by atoms with E-state index in [-0.39, 0.29) is 23.7 Å². The van der Waals surface area contributed by atoms with Crippen molar-refractivity contribution >= 4 is 17.3 Å². The second kappa shape index (κ2) is 6.93. The summed E-state index contributed by atoms with van der Waals surface area (Å²) in [5, 5.41) is 11.6. The van der Waals surface area contributed by atoms with Crippen molar-refractivity contribution in [3.05, 3.63) is 58.9 Å². The Bertz CT molecular complexity index is 760. The van der Waals surface area contributed by atoms with Crippen molar-refractivity contribution in [2.45, 2.75) is 13.8 Å². The fourth-order valence-electron chi connectivity index (χ4n) is 2.38. The number of hydrogen-bond donors (Lipinski definition) is 1. The topological polar surface area (TPSA) is 56.1 Å². The molecule has 2 rings (SSSR count). The number of likely N-dealkylation sites (N-methyl/N-ethyl adjacent to an activating group) is 1. The molecule has 0 aromatic heterocycles. The van der Waals surface area contributed by atoms with E-state index in [0.29, 0.717) is 0 Å². The SMILES string of the molecule is Cc1cccc(C)c1NC(=O)CN(C)c1ccc(C#N)cc1F. The Morgan fingerprint density at radius 1 is 1.26 bits per heavy atom. The number of nitrogens with zero attached hydrogens (tertiary/aromatic N) is 2. The summed E-state index contributed by atoms with van der Waals surface area (Å²) in [5.74, 6) is -0.750. The predicted octanol–water partition coefficient (Wildman–Crippen LogP) is 3.39. The molecule has 1 N–H and O–H groups in total. The third-order valence-electron chi connectivity index (χ3n) is 3.61. The van der Waals surface area contributed by atoms with Crippen LogP contribution in [0.3, 0.4) is 0 Å². The summed E-state index contributed by atoms with van der Waals surface area (Å²) < 4.78 is 14.0. The first-order chi connectivity index (χ1) is 10.9. The van der Waals surface area contributed by atoms with Gasteiger partial charge in [-0.3, -0.25) is 4.79 Å². The molecule has 0 radical (unpaired) electrons. The van der Waals surface area contributed by atoms with Gasteiger partial charge in [0.2, 0.25) is 5.91 Å². The van der Waals surface area contributed by atoms with Gasteiger partial charge in [-0.15, -0.1) is 0 Å². The maximum absolute atomic E-state index is 14.0. The summed E-state index contributed by atoms with van der Waals surface area (Å²) in [7, 11) is 1.63. The lowest BCUT2D eigenvalue weighted by Gasteiger charge is -2.20. The van der Waals surface area contributed by atoms with Crippen LogP contribution in [0.2, 0.25) is 0 Å². The number of anilines is 2. The van der Waals surface area contributed by atoms with E-state index >= 15 is 0 Å². The van der Waals surface area contributed by atoms with E-state index in [4.69, 9.17) is 5.26 Å². The highest BCUT2D eigenvalue weighted by Gasteiger charge is 2.13. The third kappa shape index (κ3) is 3.86. The molecule has 0 fully saturated rings. The van der Waals surface area contributed by atoms with E-state index in [1.54, 1.807) is 7.05 Å². The summed E-state index contributed by atoms with van der Waals surface area (Å²) >= 11 is 0. The molecule has 5 heteroatoms. The predicted molar refractivity (Wildman–Crippen MR) is 88.9 cm³/mol. The zero-order valence-corrected chi connectivity index (χ0v) is 13.4. The molecule has 2 aromatic rings. The number of halogens is 1. The van der Waals surface area contributed by atoms with Gasteiger partial charge in [-0.05, 0) is 43.2 Å². The van der Waals surface area contributed by atoms with Gasteiger partial charge in [0.25, 0.3) is 0 Å². The Morgan fingerprint density at radius 3 is 2.48 bits per heavy atom. The molecule has 0 unspecified atom stereocenters. The molecule has 0 spiro atoms. The molecule has 0 aliphatic heterocycles. The van der Waals surface area contributed by atoms with Crippen LogP contribution in [0.1, 0.15) is 16.7 Å². The minimum atomic E-state index is -0.522. The minimum Gasteiger partial charge on any atom is -0.363 e. The molecule has 4 nitrogen and oxygen atoms in total. The number of nitrogens with one attached hydrogen (secondary N) is 1. The van der Waals surface area contributed by atoms with Gasteiger partial charge in [0.1, 0.15) is 5.82 Å². The fourth-order valence-corrected chi connectivity index (χ4v) is 2.38. The normalized spacial score (nSPS) is 10.0. The molecule has 23 heavy (non-hydrogen) atoms. The van der Waals surface area contributed by atoms with Gasteiger partial charge in [0.15, 0.2) is 0 Å². The van der Waals surface area contributed by atoms with E-state index in [1.165, 1.54) is 17.0 Å². The molecule has 0 aliphatic carbocycles. The third-order valence-corrected chi connectivity index (χ3v) is 3.61. The summed E-state index contributed by atoms with van der Waals surface area (Å²) in [6, 6.07) is 11.8. The van der Waals surface area contributed by atoms with Crippen molar-refractivity contribution in [1.82, 2.24) is 0 Å². The number of carbonyl (C=O) groups excluding carboxylic acids is 1. The van der Waals surface area contributed by atoms with Gasteiger partial charge in [0, 0.05) is 12.7 Å². The van der Waals surface area contributed by atoms with Crippen LogP contribution in [0.25, 0.3) is 0 Å². The maximum Gasteiger partial charge on any atom is 0.243 e. The summed E-state index contributed by atoms with van der Waals surface area (Å²) in [6.07, 6.45) is 0. The van der Waals surface area contributed by atoms with Crippen molar-refractivity contribution in [2.75, 3.05) is 23.8 Å². The van der Waals surface area contributed by atoms with Crippen molar-refractivity contribution in [3.8, 4) is 6.07 Å². The number of carbonyl (C=O) groups is 1. The Labute approximate surface area is 135 Å². The molecule has 0 heterocycles. The molecule has 0 aliphatic rings. The summed E-state index contributed by atoms with van der Waals surface area (Å²) in [5.41, 5.74) is 3.27. The van der Waals surface area contributed by atoms with Crippen molar-refractivity contribution < 1.29 is 9.18 Å². The fraction of sp³-hybridized carbons (Fsp3) is 0.222. The number of rotatable bonds is 4. The van der Waals surface area contributed by atoms with Crippen LogP contribution in [-0.4, -0.2) is 19.5 Å². The van der Waals surface area contributed by atoms with E-state index < -0.39 is 5.82 Å². The van der Waals surface area contributed by atoms with Crippen molar-refractivity contribution in [3.63, 3.8) is 0 Å². The van der Waals surface area contributed by atoms with Crippen molar-refractivity contribution in [2.24, 2.45) is 0 Å². The van der Waals surface area contributed by atoms with Crippen LogP contribution in [0.15, 0.2) is 36.4 Å². The van der Waals surface area contributed by atoms with Gasteiger partial charge >= 0.3 is 0 Å². The molecule has 2 aromatic carbocycles. The number of nitriles is 1. The first-order valence-corrected chi connectivity index (χ1v) is 7.19. The van der Waals surface area contributed by atoms with Crippen LogP contribution in [-0.2, 0) is 4.79 Å². The van der Waals surface area contributed by atoms with Crippen LogP contribution < -0.4 is 10.2 Å².